The van der Waals surface area contributed by atoms with Crippen LogP contribution in [-0.2, 0) is 115 Å². The Morgan fingerprint density at radius 3 is 1.49 bits per heavy atom. The molecule has 758 valence electrons. The average molecular weight is 1930 g/mol. The van der Waals surface area contributed by atoms with Gasteiger partial charge in [0.25, 0.3) is 0 Å². The summed E-state index contributed by atoms with van der Waals surface area (Å²) in [4.78, 5) is 283. The Labute approximate surface area is 802 Å². The molecule has 0 saturated heterocycles. The van der Waals surface area contributed by atoms with Crippen molar-refractivity contribution in [3.8, 4) is 5.75 Å². The van der Waals surface area contributed by atoms with E-state index >= 15 is 28.8 Å². The van der Waals surface area contributed by atoms with Crippen LogP contribution in [0.25, 0.3) is 10.9 Å². The van der Waals surface area contributed by atoms with E-state index in [0.717, 1.165) is 0 Å². The Morgan fingerprint density at radius 2 is 0.957 bits per heavy atom. The molecule has 0 bridgehead atoms. The highest BCUT2D eigenvalue weighted by Crippen LogP contribution is 2.25. The number of aromatic amines is 1. The fraction of sp³-hybridized carbons (Fsp3) is 0.558. The minimum absolute atomic E-state index is 0.107. The Kier molecular flexibility index (Phi) is 46.0. The number of H-pyrrole nitrogens is 1. The fourth-order valence-corrected chi connectivity index (χ4v) is 14.9. The summed E-state index contributed by atoms with van der Waals surface area (Å²) in [6.07, 6.45) is 2.39. The summed E-state index contributed by atoms with van der Waals surface area (Å²) >= 11 is 0. The minimum Gasteiger partial charge on any atom is -0.508 e. The molecule has 0 unspecified atom stereocenters. The van der Waals surface area contributed by atoms with Crippen molar-refractivity contribution in [3.63, 3.8) is 0 Å². The molecule has 0 radical (unpaired) electrons. The summed E-state index contributed by atoms with van der Waals surface area (Å²) in [5.41, 5.74) is 8.67. The van der Waals surface area contributed by atoms with Gasteiger partial charge in [0.2, 0.25) is 112 Å². The zero-order valence-electron chi connectivity index (χ0n) is 81.0. The highest BCUT2D eigenvalue weighted by atomic mass is 16.4. The number of hydrogen-bond donors (Lipinski definition) is 23. The quantitative estimate of drug-likeness (QED) is 0.0247. The number of rotatable bonds is 37. The van der Waals surface area contributed by atoms with Gasteiger partial charge in [-0.3, -0.25) is 95.9 Å². The number of carboxylic acid groups (broad SMARTS) is 1. The molecule has 2 heterocycles. The van der Waals surface area contributed by atoms with Gasteiger partial charge in [0, 0.05) is 56.1 Å². The molecule has 18 atom stereocenters. The van der Waals surface area contributed by atoms with Crippen molar-refractivity contribution in [2.24, 2.45) is 23.3 Å². The number of carboxylic acids is 1. The Hall–Kier alpha value is -13.9. The minimum atomic E-state index is -2.08. The molecule has 19 amide bonds. The van der Waals surface area contributed by atoms with E-state index in [2.05, 4.69) is 95.4 Å². The van der Waals surface area contributed by atoms with Gasteiger partial charge in [-0.2, -0.15) is 0 Å². The van der Waals surface area contributed by atoms with Gasteiger partial charge in [0.15, 0.2) is 0 Å². The summed E-state index contributed by atoms with van der Waals surface area (Å²) in [6.45, 7) is 21.2. The third kappa shape index (κ3) is 38.3. The second kappa shape index (κ2) is 55.3. The van der Waals surface area contributed by atoms with Gasteiger partial charge >= 0.3 is 5.97 Å². The molecule has 43 nitrogen and oxygen atoms in total. The van der Waals surface area contributed by atoms with Gasteiger partial charge in [-0.05, 0) is 180 Å². The number of primary amides is 2. The largest absolute Gasteiger partial charge is 0.508 e. The van der Waals surface area contributed by atoms with E-state index in [1.807, 2.05) is 12.2 Å². The number of nitrogens with one attached hydrogen (secondary N) is 18. The van der Waals surface area contributed by atoms with Crippen LogP contribution in [0.5, 0.6) is 5.75 Å². The molecule has 1 aromatic heterocycles. The van der Waals surface area contributed by atoms with Crippen LogP contribution in [0.15, 0.2) is 97.2 Å². The molecule has 0 fully saturated rings. The van der Waals surface area contributed by atoms with Crippen LogP contribution in [0.4, 0.5) is 0 Å². The summed E-state index contributed by atoms with van der Waals surface area (Å²) in [6, 6.07) is -1.45. The van der Waals surface area contributed by atoms with Crippen molar-refractivity contribution < 1.29 is 111 Å². The number of phenols is 1. The van der Waals surface area contributed by atoms with Gasteiger partial charge in [-0.15, -0.1) is 0 Å². The number of aliphatic carboxylic acids is 1. The van der Waals surface area contributed by atoms with Gasteiger partial charge in [0.05, 0.1) is 6.10 Å². The van der Waals surface area contributed by atoms with E-state index < -0.39 is 258 Å². The molecule has 138 heavy (non-hydrogen) atoms. The molecule has 0 saturated carbocycles. The van der Waals surface area contributed by atoms with E-state index in [1.165, 1.54) is 100 Å². The number of para-hydroxylation sites is 1. The van der Waals surface area contributed by atoms with Crippen LogP contribution in [0.3, 0.4) is 0 Å². The lowest BCUT2D eigenvalue weighted by molar-refractivity contribution is -0.140. The number of amides is 19. The van der Waals surface area contributed by atoms with Crippen molar-refractivity contribution in [2.45, 2.75) is 327 Å². The second-order valence-electron chi connectivity index (χ2n) is 36.6. The van der Waals surface area contributed by atoms with Gasteiger partial charge < -0.3 is 122 Å². The van der Waals surface area contributed by atoms with Gasteiger partial charge in [0.1, 0.15) is 107 Å². The van der Waals surface area contributed by atoms with Gasteiger partial charge in [-0.25, -0.2) is 0 Å². The molecule has 5 rings (SSSR count). The number of hydrogen-bond acceptors (Lipinski definition) is 22. The first kappa shape index (κ1) is 115. The van der Waals surface area contributed by atoms with Crippen molar-refractivity contribution in [1.82, 2.24) is 95.4 Å². The molecule has 25 N–H and O–H groups in total. The van der Waals surface area contributed by atoms with Crippen LogP contribution in [-0.4, -0.2) is 246 Å². The number of nitrogens with two attached hydrogens (primary N) is 2. The lowest BCUT2D eigenvalue weighted by Crippen LogP contribution is -2.65. The molecule has 0 spiro atoms. The zero-order valence-corrected chi connectivity index (χ0v) is 81.0. The predicted octanol–water partition coefficient (Wildman–Crippen LogP) is -0.748. The van der Waals surface area contributed by atoms with Crippen LogP contribution in [0.2, 0.25) is 0 Å². The van der Waals surface area contributed by atoms with E-state index in [-0.39, 0.29) is 75.4 Å². The van der Waals surface area contributed by atoms with Crippen LogP contribution < -0.4 is 102 Å². The Bertz CT molecular complexity index is 4970. The molecular formula is C95H140N20O23. The van der Waals surface area contributed by atoms with E-state index in [4.69, 9.17) is 11.5 Å². The number of benzene rings is 3. The molecule has 4 aromatic rings. The van der Waals surface area contributed by atoms with E-state index in [9.17, 15) is 82.4 Å². The third-order valence-corrected chi connectivity index (χ3v) is 23.1. The van der Waals surface area contributed by atoms with Crippen molar-refractivity contribution in [2.75, 3.05) is 0 Å². The first-order chi connectivity index (χ1) is 64.8. The van der Waals surface area contributed by atoms with Crippen molar-refractivity contribution in [1.29, 1.82) is 0 Å². The van der Waals surface area contributed by atoms with Crippen LogP contribution in [0.1, 0.15) is 217 Å². The molecule has 1 aliphatic rings. The molecule has 0 aliphatic carbocycles. The average Bonchev–Trinajstić information content (AvgIpc) is 1.57. The van der Waals surface area contributed by atoms with Crippen LogP contribution in [0, 0.1) is 11.8 Å². The summed E-state index contributed by atoms with van der Waals surface area (Å²) < 4.78 is 0. The number of carbonyl (C=O) groups is 20. The lowest BCUT2D eigenvalue weighted by atomic mass is 9.91. The fourth-order valence-electron chi connectivity index (χ4n) is 14.9. The highest BCUT2D eigenvalue weighted by molar-refractivity contribution is 6.03. The third-order valence-electron chi connectivity index (χ3n) is 23.1. The SMILES string of the molecule is CC(=O)N[C@@H](CC(C)C)C(=O)N[C@H](C(=O)N[C@@H](Cc1ccccc1)C(=O)N[C@]1(C)CCCCCCC=CCCC[C@@](C)(C(=O)N[C@@H](C)C(=O)N[C@@H](C)C(=O)N[C@@H](C)C(=O)N[C@@H](C)C(=O)N[C@@H](C)C(=O)N[C@H](C)C(N)=O)NC(=O)[C@H](CC(C)C)NC(=O)[C@@H](CCC(N)=O)NC(=O)[C@H](C)NC(=O)[C@H](Cc2c[nH]c3ccccc23)NC(=O)[C@H](Cc2ccc(O)cc2)NC(=O)[C@H](CCC(=O)O)NC1=O)[C@@H](C)O. The monoisotopic (exact) mass is 1930 g/mol. The maximum atomic E-state index is 15.6. The smallest absolute Gasteiger partial charge is 0.303 e. The number of fused-ring (bicyclic) bond motifs is 1. The highest BCUT2D eigenvalue weighted by Gasteiger charge is 2.44. The molecular weight excluding hydrogens is 1790 g/mol. The maximum Gasteiger partial charge on any atom is 0.303 e. The second-order valence-corrected chi connectivity index (χ2v) is 36.6. The molecule has 43 heteroatoms. The standard InChI is InChI=1S/C95H140N20O23/c1-50(2)44-69(106-60(13)117)88(133)113-76(59(12)116)91(136)111-72(46-61-30-24-23-25-31-61)90(135)115-95(15)43-29-22-20-18-16-17-19-21-28-42-94(14,92(137)105-58(11)82(127)103-56(9)81(126)102-55(8)80(125)101-54(7)79(124)100-53(6)78(123)99-52(5)77(97)122)114-89(134)70(45-51(3)4)108-84(129)67(38-40-74(96)119)107-83(128)57(10)104-86(131)73(48-63-49-98-66-33-27-26-32-65(63)66)110-87(132)71(47-62-34-36-64(118)37-35-62)109-85(130)68(112-93(95)138)39-41-75(120)121/h17,19,23-27,30-37,49-59,67-73,76,98,116,118H,16,18,20-22,28-29,38-48H2,1-15H3,(H2,96,119)(H2,97,122)(H,99,123)(H,100,124)(H,101,125)(H,102,126)(H,103,127)(H,104,131)(H,105,137)(H,106,117)(H,107,128)(H,108,129)(H,109,130)(H,110,132)(H,111,136)(H,112,138)(H,113,133)(H,114,134)(H,115,135)(H,120,121)/t52-,53+,54+,55+,56+,57+,58+,59-,67-,68+,69+,70+,71+,72+,73+,76+,94+,95-/m1/s1. The molecule has 3 aromatic carbocycles. The summed E-state index contributed by atoms with van der Waals surface area (Å²) in [5.74, 6) is -19.7. The lowest BCUT2D eigenvalue weighted by Gasteiger charge is -2.34. The number of aromatic hydroxyl groups is 1. The number of aliphatic hydroxyl groups is 1. The van der Waals surface area contributed by atoms with Gasteiger partial charge in [-0.1, -0.05) is 120 Å². The maximum absolute atomic E-state index is 15.6. The van der Waals surface area contributed by atoms with E-state index in [0.29, 0.717) is 53.3 Å². The van der Waals surface area contributed by atoms with Crippen molar-refractivity contribution >= 4 is 129 Å². The first-order valence-electron chi connectivity index (χ1n) is 46.5. The number of phenolic OH excluding ortho intramolecular Hbond substituents is 1. The Balaban J connectivity index is 1.58. The summed E-state index contributed by atoms with van der Waals surface area (Å²) in [7, 11) is 0. The Morgan fingerprint density at radius 1 is 0.464 bits per heavy atom. The number of allylic oxidation sites excluding steroid dienone is 2. The normalized spacial score (nSPS) is 21.6. The van der Waals surface area contributed by atoms with Crippen molar-refractivity contribution in [3.05, 3.63) is 114 Å². The number of aromatic nitrogens is 1. The first-order valence-corrected chi connectivity index (χ1v) is 46.5. The topological polar surface area (TPSA) is 674 Å². The van der Waals surface area contributed by atoms with E-state index in [1.54, 1.807) is 88.5 Å². The zero-order chi connectivity index (χ0) is 103. The summed E-state index contributed by atoms with van der Waals surface area (Å²) in [5, 5.41) is 76.0. The molecule has 1 aliphatic heterocycles. The number of carbonyl (C=O) groups excluding carboxylic acids is 19. The predicted molar refractivity (Wildman–Crippen MR) is 507 cm³/mol. The van der Waals surface area contributed by atoms with Crippen LogP contribution >= 0.6 is 0 Å². The number of aliphatic hydroxyl groups excluding tert-OH is 1.